The molecule has 2 aromatic carbocycles. The normalized spacial score (nSPS) is 15.9. The lowest BCUT2D eigenvalue weighted by Gasteiger charge is -2.33. The van der Waals surface area contributed by atoms with Crippen LogP contribution in [0.2, 0.25) is 0 Å². The van der Waals surface area contributed by atoms with Gasteiger partial charge in [0.25, 0.3) is 5.91 Å². The van der Waals surface area contributed by atoms with Crippen LogP contribution in [0.5, 0.6) is 5.75 Å². The molecule has 0 spiro atoms. The Morgan fingerprint density at radius 1 is 1.25 bits per heavy atom. The summed E-state index contributed by atoms with van der Waals surface area (Å²) in [6, 6.07) is 16.2. The fraction of sp³-hybridized carbons (Fsp3) is 0.217. The van der Waals surface area contributed by atoms with Gasteiger partial charge >= 0.3 is 0 Å². The lowest BCUT2D eigenvalue weighted by atomic mass is 10.1. The number of anilines is 1. The van der Waals surface area contributed by atoms with E-state index in [1.807, 2.05) is 43.3 Å². The maximum absolute atomic E-state index is 12.6. The Balaban J connectivity index is 1.64. The number of carbonyl (C=O) groups is 1. The van der Waals surface area contributed by atoms with Gasteiger partial charge < -0.3 is 9.64 Å². The number of thiazole rings is 1. The minimum atomic E-state index is -0.491. The van der Waals surface area contributed by atoms with E-state index in [2.05, 4.69) is 24.1 Å². The standard InChI is InChI=1S/C23H22N2O2S/c1-15(2)13-25-20-12-18(9-10-21(20)27-16(3)23(25)26)19-14-28-22(24-19)11-17-7-5-4-6-8-17/h4-10,12,14,16H,1,11,13H2,2-3H3. The second-order valence-electron chi connectivity index (χ2n) is 7.11. The van der Waals surface area contributed by atoms with Crippen molar-refractivity contribution >= 4 is 22.9 Å². The highest BCUT2D eigenvalue weighted by molar-refractivity contribution is 7.10. The quantitative estimate of drug-likeness (QED) is 0.570. The summed E-state index contributed by atoms with van der Waals surface area (Å²) < 4.78 is 5.79. The van der Waals surface area contributed by atoms with Gasteiger partial charge in [-0.25, -0.2) is 4.98 Å². The molecule has 3 aromatic rings. The third kappa shape index (κ3) is 3.71. The molecule has 0 saturated heterocycles. The van der Waals surface area contributed by atoms with Crippen LogP contribution in [0, 0.1) is 0 Å². The van der Waals surface area contributed by atoms with E-state index in [0.29, 0.717) is 6.54 Å². The zero-order valence-corrected chi connectivity index (χ0v) is 16.8. The van der Waals surface area contributed by atoms with Crippen molar-refractivity contribution in [3.05, 3.63) is 76.6 Å². The van der Waals surface area contributed by atoms with Gasteiger partial charge in [0.15, 0.2) is 6.10 Å². The first kappa shape index (κ1) is 18.4. The summed E-state index contributed by atoms with van der Waals surface area (Å²) in [7, 11) is 0. The Morgan fingerprint density at radius 3 is 2.79 bits per heavy atom. The number of hydrogen-bond acceptors (Lipinski definition) is 4. The fourth-order valence-electron chi connectivity index (χ4n) is 3.29. The van der Waals surface area contributed by atoms with Crippen LogP contribution in [0.4, 0.5) is 5.69 Å². The number of ether oxygens (including phenoxy) is 1. The molecule has 4 rings (SSSR count). The van der Waals surface area contributed by atoms with Gasteiger partial charge in [-0.05, 0) is 37.6 Å². The summed E-state index contributed by atoms with van der Waals surface area (Å²) in [6.45, 7) is 8.15. The van der Waals surface area contributed by atoms with Crippen LogP contribution in [0.25, 0.3) is 11.3 Å². The van der Waals surface area contributed by atoms with Crippen LogP contribution in [-0.2, 0) is 11.2 Å². The molecule has 1 aromatic heterocycles. The molecule has 1 atom stereocenters. The van der Waals surface area contributed by atoms with Gasteiger partial charge in [-0.1, -0.05) is 42.5 Å². The van der Waals surface area contributed by atoms with Crippen molar-refractivity contribution in [3.8, 4) is 17.0 Å². The number of rotatable bonds is 5. The average molecular weight is 391 g/mol. The lowest BCUT2D eigenvalue weighted by Crippen LogP contribution is -2.45. The third-order valence-corrected chi connectivity index (χ3v) is 5.49. The summed E-state index contributed by atoms with van der Waals surface area (Å²) in [5.41, 5.74) is 4.85. The number of nitrogens with zero attached hydrogens (tertiary/aromatic N) is 2. The first-order valence-electron chi connectivity index (χ1n) is 9.26. The van der Waals surface area contributed by atoms with Gasteiger partial charge in [0.05, 0.1) is 16.4 Å². The molecule has 142 valence electrons. The van der Waals surface area contributed by atoms with E-state index in [-0.39, 0.29) is 5.91 Å². The molecule has 0 bridgehead atoms. The molecule has 1 amide bonds. The van der Waals surface area contributed by atoms with Crippen LogP contribution < -0.4 is 9.64 Å². The smallest absolute Gasteiger partial charge is 0.268 e. The number of amides is 1. The van der Waals surface area contributed by atoms with Gasteiger partial charge in [-0.2, -0.15) is 0 Å². The predicted octanol–water partition coefficient (Wildman–Crippen LogP) is 5.09. The van der Waals surface area contributed by atoms with E-state index < -0.39 is 6.10 Å². The summed E-state index contributed by atoms with van der Waals surface area (Å²) in [4.78, 5) is 19.2. The third-order valence-electron chi connectivity index (χ3n) is 4.64. The van der Waals surface area contributed by atoms with Crippen molar-refractivity contribution in [2.24, 2.45) is 0 Å². The largest absolute Gasteiger partial charge is 0.479 e. The molecule has 0 aliphatic carbocycles. The molecule has 2 heterocycles. The maximum Gasteiger partial charge on any atom is 0.268 e. The molecule has 1 aliphatic rings. The number of hydrogen-bond donors (Lipinski definition) is 0. The summed E-state index contributed by atoms with van der Waals surface area (Å²) in [5, 5.41) is 3.13. The van der Waals surface area contributed by atoms with E-state index in [1.54, 1.807) is 23.2 Å². The molecular formula is C23H22N2O2S. The van der Waals surface area contributed by atoms with E-state index in [9.17, 15) is 4.79 Å². The second kappa shape index (κ2) is 7.60. The van der Waals surface area contributed by atoms with Gasteiger partial charge in [0, 0.05) is 23.9 Å². The Labute approximate surface area is 169 Å². The number of fused-ring (bicyclic) bond motifs is 1. The minimum Gasteiger partial charge on any atom is -0.479 e. The number of aromatic nitrogens is 1. The monoisotopic (exact) mass is 390 g/mol. The molecule has 0 N–H and O–H groups in total. The number of carbonyl (C=O) groups excluding carboxylic acids is 1. The zero-order chi connectivity index (χ0) is 19.7. The van der Waals surface area contributed by atoms with Crippen LogP contribution >= 0.6 is 11.3 Å². The summed E-state index contributed by atoms with van der Waals surface area (Å²) >= 11 is 1.65. The first-order chi connectivity index (χ1) is 13.5. The van der Waals surface area contributed by atoms with E-state index in [0.717, 1.165) is 39.7 Å². The molecule has 4 nitrogen and oxygen atoms in total. The Hall–Kier alpha value is -2.92. The van der Waals surface area contributed by atoms with Crippen LogP contribution in [-0.4, -0.2) is 23.5 Å². The Kier molecular flexibility index (Phi) is 5.01. The van der Waals surface area contributed by atoms with E-state index >= 15 is 0 Å². The van der Waals surface area contributed by atoms with Crippen molar-refractivity contribution in [3.63, 3.8) is 0 Å². The van der Waals surface area contributed by atoms with Crippen molar-refractivity contribution in [2.45, 2.75) is 26.4 Å². The highest BCUT2D eigenvalue weighted by Gasteiger charge is 2.31. The molecule has 1 aliphatic heterocycles. The molecule has 28 heavy (non-hydrogen) atoms. The molecule has 0 saturated carbocycles. The van der Waals surface area contributed by atoms with Gasteiger partial charge in [0.2, 0.25) is 0 Å². The van der Waals surface area contributed by atoms with Gasteiger partial charge in [0.1, 0.15) is 5.75 Å². The molecular weight excluding hydrogens is 368 g/mol. The molecule has 0 radical (unpaired) electrons. The van der Waals surface area contributed by atoms with E-state index in [4.69, 9.17) is 9.72 Å². The lowest BCUT2D eigenvalue weighted by molar-refractivity contribution is -0.125. The molecule has 0 fully saturated rings. The van der Waals surface area contributed by atoms with Gasteiger partial charge in [-0.15, -0.1) is 11.3 Å². The average Bonchev–Trinajstić information content (AvgIpc) is 3.14. The summed E-state index contributed by atoms with van der Waals surface area (Å²) in [5.74, 6) is 0.674. The second-order valence-corrected chi connectivity index (χ2v) is 8.06. The van der Waals surface area contributed by atoms with Crippen molar-refractivity contribution in [1.82, 2.24) is 4.98 Å². The van der Waals surface area contributed by atoms with Crippen LogP contribution in [0.3, 0.4) is 0 Å². The molecule has 1 unspecified atom stereocenters. The van der Waals surface area contributed by atoms with E-state index in [1.165, 1.54) is 5.56 Å². The highest BCUT2D eigenvalue weighted by Crippen LogP contribution is 2.38. The van der Waals surface area contributed by atoms with Crippen molar-refractivity contribution < 1.29 is 9.53 Å². The predicted molar refractivity (Wildman–Crippen MR) is 114 cm³/mol. The maximum atomic E-state index is 12.6. The SMILES string of the molecule is C=C(C)CN1C(=O)C(C)Oc2ccc(-c3csc(Cc4ccccc4)n3)cc21. The van der Waals surface area contributed by atoms with Crippen molar-refractivity contribution in [1.29, 1.82) is 0 Å². The number of benzene rings is 2. The summed E-state index contributed by atoms with van der Waals surface area (Å²) in [6.07, 6.45) is 0.326. The van der Waals surface area contributed by atoms with Crippen LogP contribution in [0.15, 0.2) is 66.1 Å². The zero-order valence-electron chi connectivity index (χ0n) is 16.0. The highest BCUT2D eigenvalue weighted by atomic mass is 32.1. The van der Waals surface area contributed by atoms with Crippen LogP contribution in [0.1, 0.15) is 24.4 Å². The fourth-order valence-corrected chi connectivity index (χ4v) is 4.13. The Bertz CT molecular complexity index is 1030. The minimum absolute atomic E-state index is 0.0457. The molecule has 5 heteroatoms. The topological polar surface area (TPSA) is 42.4 Å². The van der Waals surface area contributed by atoms with Gasteiger partial charge in [-0.3, -0.25) is 4.79 Å². The first-order valence-corrected chi connectivity index (χ1v) is 10.1. The Morgan fingerprint density at radius 2 is 2.04 bits per heavy atom. The van der Waals surface area contributed by atoms with Crippen molar-refractivity contribution in [2.75, 3.05) is 11.4 Å².